The van der Waals surface area contributed by atoms with Crippen molar-refractivity contribution in [3.63, 3.8) is 0 Å². The van der Waals surface area contributed by atoms with E-state index < -0.39 is 0 Å². The fourth-order valence-corrected chi connectivity index (χ4v) is 3.47. The van der Waals surface area contributed by atoms with Crippen LogP contribution in [0.25, 0.3) is 0 Å². The number of H-pyrrole nitrogens is 1. The Morgan fingerprint density at radius 2 is 2.27 bits per heavy atom. The van der Waals surface area contributed by atoms with Gasteiger partial charge in [0.2, 0.25) is 5.91 Å². The minimum Gasteiger partial charge on any atom is -0.472 e. The predicted octanol–water partition coefficient (Wildman–Crippen LogP) is 2.52. The number of aromatic nitrogens is 1. The van der Waals surface area contributed by atoms with Crippen molar-refractivity contribution in [1.82, 2.24) is 14.8 Å². The van der Waals surface area contributed by atoms with Crippen LogP contribution in [0.15, 0.2) is 29.1 Å². The normalized spacial score (nSPS) is 18.2. The first-order valence-electron chi connectivity index (χ1n) is 9.25. The first-order chi connectivity index (χ1) is 12.5. The van der Waals surface area contributed by atoms with E-state index in [0.717, 1.165) is 36.6 Å². The van der Waals surface area contributed by atoms with Gasteiger partial charge in [-0.1, -0.05) is 0 Å². The number of carbonyl (C=O) groups excluding carboxylic acids is 1. The van der Waals surface area contributed by atoms with Gasteiger partial charge in [0.05, 0.1) is 25.2 Å². The molecule has 3 rings (SSSR count). The number of rotatable bonds is 7. The molecule has 0 radical (unpaired) electrons. The van der Waals surface area contributed by atoms with Crippen LogP contribution in [0, 0.1) is 13.8 Å². The molecule has 1 unspecified atom stereocenters. The maximum absolute atomic E-state index is 12.9. The van der Waals surface area contributed by atoms with E-state index >= 15 is 0 Å². The summed E-state index contributed by atoms with van der Waals surface area (Å²) >= 11 is 0. The molecule has 3 heterocycles. The van der Waals surface area contributed by atoms with Gasteiger partial charge in [-0.25, -0.2) is 0 Å². The summed E-state index contributed by atoms with van der Waals surface area (Å²) in [5.41, 5.74) is 4.47. The van der Waals surface area contributed by atoms with Gasteiger partial charge in [0, 0.05) is 44.0 Å². The van der Waals surface area contributed by atoms with E-state index in [2.05, 4.69) is 29.9 Å². The standard InChI is InChI=1S/C20H29N3O3/c1-15-10-18(16(2)21-15)11-23(13-19-12-22(3)7-9-26-19)20(24)5-4-17-6-8-25-14-17/h6,8,10,14,19,21H,4-5,7,9,11-13H2,1-3H3. The molecule has 0 saturated carbocycles. The van der Waals surface area contributed by atoms with Crippen molar-refractivity contribution < 1.29 is 13.9 Å². The van der Waals surface area contributed by atoms with Crippen LogP contribution in [0.3, 0.4) is 0 Å². The summed E-state index contributed by atoms with van der Waals surface area (Å²) in [5.74, 6) is 0.154. The van der Waals surface area contributed by atoms with E-state index in [1.54, 1.807) is 12.5 Å². The second-order valence-corrected chi connectivity index (χ2v) is 7.26. The molecule has 0 spiro atoms. The van der Waals surface area contributed by atoms with Crippen molar-refractivity contribution in [3.05, 3.63) is 47.2 Å². The molecule has 0 aromatic carbocycles. The Hall–Kier alpha value is -2.05. The molecule has 1 fully saturated rings. The van der Waals surface area contributed by atoms with Crippen LogP contribution in [0.5, 0.6) is 0 Å². The number of nitrogens with zero attached hydrogens (tertiary/aromatic N) is 2. The van der Waals surface area contributed by atoms with Crippen LogP contribution in [-0.4, -0.2) is 60.1 Å². The first-order valence-corrected chi connectivity index (χ1v) is 9.25. The highest BCUT2D eigenvalue weighted by Crippen LogP contribution is 2.16. The molecule has 2 aromatic heterocycles. The average Bonchev–Trinajstić information content (AvgIpc) is 3.22. The number of amides is 1. The van der Waals surface area contributed by atoms with Crippen molar-refractivity contribution in [2.24, 2.45) is 0 Å². The SMILES string of the molecule is Cc1cc(CN(CC2CN(C)CCO2)C(=O)CCc2ccoc2)c(C)[nH]1. The lowest BCUT2D eigenvalue weighted by molar-refractivity contribution is -0.135. The summed E-state index contributed by atoms with van der Waals surface area (Å²) in [6, 6.07) is 4.04. The molecule has 6 heteroatoms. The Bertz CT molecular complexity index is 708. The quantitative estimate of drug-likeness (QED) is 0.825. The maximum atomic E-state index is 12.9. The minimum atomic E-state index is 0.0620. The summed E-state index contributed by atoms with van der Waals surface area (Å²) < 4.78 is 11.0. The molecule has 142 valence electrons. The fourth-order valence-electron chi connectivity index (χ4n) is 3.47. The minimum absolute atomic E-state index is 0.0620. The smallest absolute Gasteiger partial charge is 0.223 e. The van der Waals surface area contributed by atoms with Crippen molar-refractivity contribution >= 4 is 5.91 Å². The van der Waals surface area contributed by atoms with Gasteiger partial charge in [0.25, 0.3) is 0 Å². The highest BCUT2D eigenvalue weighted by atomic mass is 16.5. The predicted molar refractivity (Wildman–Crippen MR) is 99.9 cm³/mol. The van der Waals surface area contributed by atoms with E-state index in [-0.39, 0.29) is 12.0 Å². The van der Waals surface area contributed by atoms with Crippen molar-refractivity contribution in [3.8, 4) is 0 Å². The van der Waals surface area contributed by atoms with Crippen LogP contribution in [0.1, 0.15) is 28.9 Å². The topological polar surface area (TPSA) is 61.7 Å². The zero-order valence-corrected chi connectivity index (χ0v) is 16.0. The number of hydrogen-bond donors (Lipinski definition) is 1. The Balaban J connectivity index is 1.67. The van der Waals surface area contributed by atoms with Crippen LogP contribution in [0.4, 0.5) is 0 Å². The monoisotopic (exact) mass is 359 g/mol. The molecular weight excluding hydrogens is 330 g/mol. The second-order valence-electron chi connectivity index (χ2n) is 7.26. The highest BCUT2D eigenvalue weighted by Gasteiger charge is 2.24. The van der Waals surface area contributed by atoms with Gasteiger partial charge in [-0.05, 0) is 50.6 Å². The molecule has 1 aliphatic rings. The highest BCUT2D eigenvalue weighted by molar-refractivity contribution is 5.76. The Morgan fingerprint density at radius 3 is 2.92 bits per heavy atom. The lowest BCUT2D eigenvalue weighted by Crippen LogP contribution is -2.47. The Morgan fingerprint density at radius 1 is 1.42 bits per heavy atom. The van der Waals surface area contributed by atoms with Crippen LogP contribution >= 0.6 is 0 Å². The van der Waals surface area contributed by atoms with Crippen molar-refractivity contribution in [2.45, 2.75) is 39.3 Å². The number of hydrogen-bond acceptors (Lipinski definition) is 4. The van der Waals surface area contributed by atoms with Gasteiger partial charge in [0.1, 0.15) is 0 Å². The number of morpholine rings is 1. The summed E-state index contributed by atoms with van der Waals surface area (Å²) in [6.07, 6.45) is 4.59. The van der Waals surface area contributed by atoms with E-state index in [1.165, 1.54) is 5.56 Å². The number of aryl methyl sites for hydroxylation is 3. The number of ether oxygens (including phenoxy) is 1. The van der Waals surface area contributed by atoms with Crippen LogP contribution in [-0.2, 0) is 22.5 Å². The van der Waals surface area contributed by atoms with Gasteiger partial charge >= 0.3 is 0 Å². The van der Waals surface area contributed by atoms with Gasteiger partial charge in [-0.15, -0.1) is 0 Å². The lowest BCUT2D eigenvalue weighted by atomic mass is 10.1. The number of aromatic amines is 1. The lowest BCUT2D eigenvalue weighted by Gasteiger charge is -2.34. The van der Waals surface area contributed by atoms with Crippen LogP contribution < -0.4 is 0 Å². The number of furan rings is 1. The Labute approximate surface area is 155 Å². The second kappa shape index (κ2) is 8.56. The van der Waals surface area contributed by atoms with Gasteiger partial charge in [0.15, 0.2) is 0 Å². The number of nitrogens with one attached hydrogen (secondary N) is 1. The molecule has 1 amide bonds. The molecule has 1 N–H and O–H groups in total. The number of carbonyl (C=O) groups is 1. The summed E-state index contributed by atoms with van der Waals surface area (Å²) in [4.78, 5) is 20.5. The van der Waals surface area contributed by atoms with E-state index in [1.807, 2.05) is 17.9 Å². The van der Waals surface area contributed by atoms with Gasteiger partial charge < -0.3 is 23.9 Å². The third kappa shape index (κ3) is 4.99. The molecule has 1 aliphatic heterocycles. The average molecular weight is 359 g/mol. The van der Waals surface area contributed by atoms with Gasteiger partial charge in [-0.3, -0.25) is 4.79 Å². The molecule has 2 aromatic rings. The molecule has 1 saturated heterocycles. The van der Waals surface area contributed by atoms with Crippen molar-refractivity contribution in [2.75, 3.05) is 33.3 Å². The summed E-state index contributed by atoms with van der Waals surface area (Å²) in [5, 5.41) is 0. The first kappa shape index (κ1) is 18.7. The van der Waals surface area contributed by atoms with E-state index in [0.29, 0.717) is 25.9 Å². The third-order valence-corrected chi connectivity index (χ3v) is 4.94. The molecule has 26 heavy (non-hydrogen) atoms. The maximum Gasteiger partial charge on any atom is 0.223 e. The molecular formula is C20H29N3O3. The zero-order valence-electron chi connectivity index (χ0n) is 16.0. The third-order valence-electron chi connectivity index (χ3n) is 4.94. The Kier molecular flexibility index (Phi) is 6.16. The van der Waals surface area contributed by atoms with Crippen molar-refractivity contribution in [1.29, 1.82) is 0 Å². The fraction of sp³-hybridized carbons (Fsp3) is 0.550. The molecule has 0 bridgehead atoms. The largest absolute Gasteiger partial charge is 0.472 e. The summed E-state index contributed by atoms with van der Waals surface area (Å²) in [7, 11) is 2.10. The summed E-state index contributed by atoms with van der Waals surface area (Å²) in [6.45, 7) is 7.86. The van der Waals surface area contributed by atoms with E-state index in [4.69, 9.17) is 9.15 Å². The molecule has 1 atom stereocenters. The molecule has 0 aliphatic carbocycles. The zero-order chi connectivity index (χ0) is 18.5. The number of likely N-dealkylation sites (N-methyl/N-ethyl adjacent to an activating group) is 1. The van der Waals surface area contributed by atoms with Gasteiger partial charge in [-0.2, -0.15) is 0 Å². The van der Waals surface area contributed by atoms with Crippen LogP contribution in [0.2, 0.25) is 0 Å². The van der Waals surface area contributed by atoms with E-state index in [9.17, 15) is 4.79 Å². The molecule has 6 nitrogen and oxygen atoms in total.